The van der Waals surface area contributed by atoms with Crippen LogP contribution in [0, 0.1) is 5.92 Å². The van der Waals surface area contributed by atoms with Gasteiger partial charge in [0, 0.05) is 38.0 Å². The van der Waals surface area contributed by atoms with Gasteiger partial charge in [0.25, 0.3) is 0 Å². The van der Waals surface area contributed by atoms with E-state index in [-0.39, 0.29) is 17.8 Å². The van der Waals surface area contributed by atoms with Gasteiger partial charge in [-0.3, -0.25) is 9.59 Å². The standard InChI is InChI=1S/C31H34N2O4/c1-21(2)19-27(34)32-16-11-23(12-17-32)22-7-9-24(10-8-22)30(13-14-30)29(36)33-18-15-31(20-33)26-6-4-3-5-25(26)28(35)37-31/h3-11,21H,12-20H2,1-2H3. The van der Waals surface area contributed by atoms with E-state index in [1.54, 1.807) is 0 Å². The normalized spacial score (nSPS) is 23.8. The van der Waals surface area contributed by atoms with Crippen LogP contribution in [-0.4, -0.2) is 53.8 Å². The first-order valence-electron chi connectivity index (χ1n) is 13.5. The summed E-state index contributed by atoms with van der Waals surface area (Å²) in [7, 11) is 0. The first-order chi connectivity index (χ1) is 17.8. The molecule has 2 fully saturated rings. The lowest BCUT2D eigenvalue weighted by atomic mass is 9.90. The van der Waals surface area contributed by atoms with Crippen molar-refractivity contribution in [2.24, 2.45) is 5.92 Å². The number of hydrogen-bond acceptors (Lipinski definition) is 4. The third kappa shape index (κ3) is 4.07. The van der Waals surface area contributed by atoms with Gasteiger partial charge >= 0.3 is 5.97 Å². The van der Waals surface area contributed by atoms with Crippen LogP contribution in [-0.2, 0) is 25.3 Å². The van der Waals surface area contributed by atoms with Crippen molar-refractivity contribution in [3.05, 3.63) is 76.9 Å². The number of ether oxygens (including phenoxy) is 1. The van der Waals surface area contributed by atoms with Crippen molar-refractivity contribution >= 4 is 23.4 Å². The van der Waals surface area contributed by atoms with Gasteiger partial charge in [-0.15, -0.1) is 0 Å². The minimum Gasteiger partial charge on any atom is -0.449 e. The molecule has 4 aliphatic rings. The number of esters is 1. The number of likely N-dealkylation sites (tertiary alicyclic amines) is 1. The fraction of sp³-hybridized carbons (Fsp3) is 0.452. The van der Waals surface area contributed by atoms with Crippen molar-refractivity contribution in [1.29, 1.82) is 0 Å². The molecule has 192 valence electrons. The highest BCUT2D eigenvalue weighted by Gasteiger charge is 2.57. The molecule has 0 radical (unpaired) electrons. The summed E-state index contributed by atoms with van der Waals surface area (Å²) in [5.41, 5.74) is 3.86. The van der Waals surface area contributed by atoms with Crippen molar-refractivity contribution in [1.82, 2.24) is 9.80 Å². The zero-order valence-corrected chi connectivity index (χ0v) is 21.7. The Bertz CT molecular complexity index is 1290. The van der Waals surface area contributed by atoms with Crippen LogP contribution in [0.5, 0.6) is 0 Å². The number of benzene rings is 2. The van der Waals surface area contributed by atoms with Gasteiger partial charge in [0.05, 0.1) is 17.5 Å². The van der Waals surface area contributed by atoms with Gasteiger partial charge in [0.15, 0.2) is 5.60 Å². The second-order valence-electron chi connectivity index (χ2n) is 11.5. The summed E-state index contributed by atoms with van der Waals surface area (Å²) in [4.78, 5) is 42.4. The number of carbonyl (C=O) groups excluding carboxylic acids is 3. The Morgan fingerprint density at radius 1 is 0.973 bits per heavy atom. The molecule has 6 heteroatoms. The molecule has 37 heavy (non-hydrogen) atoms. The molecule has 2 aromatic rings. The van der Waals surface area contributed by atoms with E-state index in [4.69, 9.17) is 4.74 Å². The monoisotopic (exact) mass is 498 g/mol. The van der Waals surface area contributed by atoms with Crippen LogP contribution >= 0.6 is 0 Å². The zero-order valence-electron chi connectivity index (χ0n) is 21.7. The zero-order chi connectivity index (χ0) is 25.8. The molecule has 3 aliphatic heterocycles. The van der Waals surface area contributed by atoms with Gasteiger partial charge in [-0.05, 0) is 47.9 Å². The summed E-state index contributed by atoms with van der Waals surface area (Å²) in [6, 6.07) is 16.0. The van der Waals surface area contributed by atoms with E-state index < -0.39 is 11.0 Å². The van der Waals surface area contributed by atoms with Gasteiger partial charge in [-0.1, -0.05) is 62.4 Å². The van der Waals surface area contributed by atoms with E-state index in [9.17, 15) is 14.4 Å². The van der Waals surface area contributed by atoms with Crippen molar-refractivity contribution in [2.45, 2.75) is 57.0 Å². The minimum atomic E-state index is -0.707. The van der Waals surface area contributed by atoms with Crippen LogP contribution in [0.3, 0.4) is 0 Å². The lowest BCUT2D eigenvalue weighted by molar-refractivity contribution is -0.134. The van der Waals surface area contributed by atoms with Gasteiger partial charge in [0.2, 0.25) is 11.8 Å². The van der Waals surface area contributed by atoms with Crippen molar-refractivity contribution in [2.75, 3.05) is 26.2 Å². The van der Waals surface area contributed by atoms with Crippen LogP contribution in [0.2, 0.25) is 0 Å². The van der Waals surface area contributed by atoms with Gasteiger partial charge < -0.3 is 14.5 Å². The molecule has 6 rings (SSSR count). The summed E-state index contributed by atoms with van der Waals surface area (Å²) in [5.74, 6) is 0.465. The second kappa shape index (κ2) is 8.86. The molecule has 1 unspecified atom stereocenters. The van der Waals surface area contributed by atoms with E-state index in [0.717, 1.165) is 42.5 Å². The maximum atomic E-state index is 13.8. The van der Waals surface area contributed by atoms with Crippen molar-refractivity contribution in [3.63, 3.8) is 0 Å². The van der Waals surface area contributed by atoms with E-state index in [2.05, 4.69) is 44.2 Å². The Hall–Kier alpha value is -3.41. The average molecular weight is 499 g/mol. The Labute approximate surface area is 218 Å². The molecule has 1 atom stereocenters. The Balaban J connectivity index is 1.14. The quantitative estimate of drug-likeness (QED) is 0.562. The lowest BCUT2D eigenvalue weighted by Gasteiger charge is -2.28. The summed E-state index contributed by atoms with van der Waals surface area (Å²) in [5, 5.41) is 0. The molecule has 1 saturated carbocycles. The molecular weight excluding hydrogens is 464 g/mol. The summed E-state index contributed by atoms with van der Waals surface area (Å²) < 4.78 is 5.86. The lowest BCUT2D eigenvalue weighted by Crippen LogP contribution is -2.40. The first kappa shape index (κ1) is 24.0. The fourth-order valence-corrected chi connectivity index (χ4v) is 6.30. The maximum Gasteiger partial charge on any atom is 0.339 e. The minimum absolute atomic E-state index is 0.147. The fourth-order valence-electron chi connectivity index (χ4n) is 6.30. The number of amides is 2. The Morgan fingerprint density at radius 3 is 2.41 bits per heavy atom. The molecule has 0 aromatic heterocycles. The number of nitrogens with zero attached hydrogens (tertiary/aromatic N) is 2. The number of hydrogen-bond donors (Lipinski definition) is 0. The van der Waals surface area contributed by atoms with Gasteiger partial charge in [-0.2, -0.15) is 0 Å². The third-order valence-corrected chi connectivity index (χ3v) is 8.56. The largest absolute Gasteiger partial charge is 0.449 e. The van der Waals surface area contributed by atoms with Crippen LogP contribution in [0.25, 0.3) is 5.57 Å². The van der Waals surface area contributed by atoms with Crippen LogP contribution < -0.4 is 0 Å². The first-order valence-corrected chi connectivity index (χ1v) is 13.5. The predicted molar refractivity (Wildman–Crippen MR) is 141 cm³/mol. The smallest absolute Gasteiger partial charge is 0.339 e. The van der Waals surface area contributed by atoms with Crippen molar-refractivity contribution < 1.29 is 19.1 Å². The molecule has 1 spiro atoms. The number of fused-ring (bicyclic) bond motifs is 2. The van der Waals surface area contributed by atoms with Gasteiger partial charge in [-0.25, -0.2) is 4.79 Å². The highest BCUT2D eigenvalue weighted by molar-refractivity contribution is 5.96. The summed E-state index contributed by atoms with van der Waals surface area (Å²) >= 11 is 0. The molecule has 0 N–H and O–H groups in total. The molecule has 3 heterocycles. The second-order valence-corrected chi connectivity index (χ2v) is 11.5. The van der Waals surface area contributed by atoms with Crippen molar-refractivity contribution in [3.8, 4) is 0 Å². The molecule has 2 aromatic carbocycles. The SMILES string of the molecule is CC(C)CC(=O)N1CC=C(c2ccc(C3(C(=O)N4CCC5(C4)OC(=O)c4ccccc45)CC3)cc2)CC1. The van der Waals surface area contributed by atoms with Crippen LogP contribution in [0.15, 0.2) is 54.6 Å². The summed E-state index contributed by atoms with van der Waals surface area (Å²) in [6.45, 7) is 6.59. The van der Waals surface area contributed by atoms with E-state index >= 15 is 0 Å². The maximum absolute atomic E-state index is 13.8. The predicted octanol–water partition coefficient (Wildman–Crippen LogP) is 4.68. The third-order valence-electron chi connectivity index (χ3n) is 8.56. The highest BCUT2D eigenvalue weighted by atomic mass is 16.6. The number of rotatable bonds is 5. The van der Waals surface area contributed by atoms with E-state index in [1.165, 1.54) is 5.57 Å². The highest BCUT2D eigenvalue weighted by Crippen LogP contribution is 2.52. The topological polar surface area (TPSA) is 66.9 Å². The van der Waals surface area contributed by atoms with E-state index in [1.807, 2.05) is 34.1 Å². The summed E-state index contributed by atoms with van der Waals surface area (Å²) in [6.07, 6.45) is 5.95. The average Bonchev–Trinajstić information content (AvgIpc) is 3.54. The van der Waals surface area contributed by atoms with Gasteiger partial charge in [0.1, 0.15) is 0 Å². The molecule has 1 saturated heterocycles. The molecule has 1 aliphatic carbocycles. The van der Waals surface area contributed by atoms with E-state index in [0.29, 0.717) is 44.0 Å². The molecule has 0 bridgehead atoms. The Morgan fingerprint density at radius 2 is 1.73 bits per heavy atom. The number of carbonyl (C=O) groups is 3. The van der Waals surface area contributed by atoms with Crippen LogP contribution in [0.4, 0.5) is 0 Å². The molecule has 6 nitrogen and oxygen atoms in total. The molecule has 2 amide bonds. The van der Waals surface area contributed by atoms with Crippen LogP contribution in [0.1, 0.15) is 73.0 Å². The molecular formula is C31H34N2O4. The Kier molecular flexibility index (Phi) is 5.74.